The highest BCUT2D eigenvalue weighted by molar-refractivity contribution is 6.33. The van der Waals surface area contributed by atoms with E-state index in [0.717, 1.165) is 12.8 Å². The molecule has 0 atom stereocenters. The van der Waals surface area contributed by atoms with Gasteiger partial charge in [-0.1, -0.05) is 11.6 Å². The first-order chi connectivity index (χ1) is 9.61. The Morgan fingerprint density at radius 3 is 2.65 bits per heavy atom. The van der Waals surface area contributed by atoms with E-state index in [1.54, 1.807) is 0 Å². The number of hydrogen-bond acceptors (Lipinski definition) is 5. The minimum absolute atomic E-state index is 0.0577. The second-order valence-corrected chi connectivity index (χ2v) is 4.93. The van der Waals surface area contributed by atoms with Crippen molar-refractivity contribution >= 4 is 29.2 Å². The van der Waals surface area contributed by atoms with Crippen LogP contribution in [0.5, 0.6) is 0 Å². The third kappa shape index (κ3) is 3.82. The van der Waals surface area contributed by atoms with Gasteiger partial charge in [0.2, 0.25) is 5.91 Å². The number of hydrogen-bond donors (Lipinski definition) is 4. The minimum Gasteiger partial charge on any atom is -0.354 e. The lowest BCUT2D eigenvalue weighted by molar-refractivity contribution is -0.122. The van der Waals surface area contributed by atoms with Gasteiger partial charge in [0.25, 0.3) is 5.91 Å². The first kappa shape index (κ1) is 14.5. The summed E-state index contributed by atoms with van der Waals surface area (Å²) in [5, 5.41) is 5.70. The van der Waals surface area contributed by atoms with Gasteiger partial charge in [-0.2, -0.15) is 0 Å². The second kappa shape index (κ2) is 6.53. The molecule has 1 fully saturated rings. The molecule has 0 bridgehead atoms. The Labute approximate surface area is 121 Å². The molecule has 2 amide bonds. The van der Waals surface area contributed by atoms with Gasteiger partial charge in [-0.3, -0.25) is 9.59 Å². The Bertz CT molecular complexity index is 519. The van der Waals surface area contributed by atoms with E-state index < -0.39 is 0 Å². The maximum Gasteiger partial charge on any atom is 0.252 e. The van der Waals surface area contributed by atoms with Crippen molar-refractivity contribution in [1.82, 2.24) is 15.6 Å². The average Bonchev–Trinajstić information content (AvgIpc) is 3.27. The van der Waals surface area contributed by atoms with Gasteiger partial charge in [0, 0.05) is 25.2 Å². The molecule has 0 spiro atoms. The van der Waals surface area contributed by atoms with Crippen molar-refractivity contribution in [2.75, 3.05) is 18.5 Å². The number of pyridine rings is 1. The van der Waals surface area contributed by atoms with E-state index >= 15 is 0 Å². The van der Waals surface area contributed by atoms with Crippen molar-refractivity contribution in [3.8, 4) is 0 Å². The third-order valence-corrected chi connectivity index (χ3v) is 3.19. The molecular formula is C12H16ClN5O2. The highest BCUT2D eigenvalue weighted by atomic mass is 35.5. The summed E-state index contributed by atoms with van der Waals surface area (Å²) in [6.45, 7) is 0.760. The molecule has 1 saturated carbocycles. The molecule has 0 unspecified atom stereocenters. The first-order valence-electron chi connectivity index (χ1n) is 6.30. The molecule has 0 saturated heterocycles. The Hall–Kier alpha value is -1.86. The number of nitrogens with two attached hydrogens (primary N) is 1. The maximum absolute atomic E-state index is 11.8. The molecular weight excluding hydrogens is 282 g/mol. The van der Waals surface area contributed by atoms with Gasteiger partial charge in [0.15, 0.2) is 5.82 Å². The minimum atomic E-state index is -0.302. The van der Waals surface area contributed by atoms with Crippen molar-refractivity contribution < 1.29 is 9.59 Å². The Morgan fingerprint density at radius 1 is 1.35 bits per heavy atom. The summed E-state index contributed by atoms with van der Waals surface area (Å²) in [6.07, 6.45) is 3.30. The molecule has 0 aliphatic heterocycles. The van der Waals surface area contributed by atoms with Crippen LogP contribution in [0.4, 0.5) is 5.82 Å². The van der Waals surface area contributed by atoms with Crippen LogP contribution in [-0.2, 0) is 4.79 Å². The molecule has 8 heteroatoms. The SMILES string of the molecule is NNc1ncc(C(=O)NCCNC(=O)C2CC2)cc1Cl. The lowest BCUT2D eigenvalue weighted by Gasteiger charge is -2.08. The lowest BCUT2D eigenvalue weighted by atomic mass is 10.2. The Balaban J connectivity index is 1.76. The summed E-state index contributed by atoms with van der Waals surface area (Å²) in [4.78, 5) is 27.1. The van der Waals surface area contributed by atoms with Crippen LogP contribution in [0.2, 0.25) is 5.02 Å². The van der Waals surface area contributed by atoms with Crippen LogP contribution in [0.1, 0.15) is 23.2 Å². The zero-order valence-corrected chi connectivity index (χ0v) is 11.5. The third-order valence-electron chi connectivity index (χ3n) is 2.90. The number of nitrogen functional groups attached to an aromatic ring is 1. The molecule has 20 heavy (non-hydrogen) atoms. The van der Waals surface area contributed by atoms with E-state index in [4.69, 9.17) is 17.4 Å². The summed E-state index contributed by atoms with van der Waals surface area (Å²) in [7, 11) is 0. The molecule has 1 aliphatic carbocycles. The molecule has 1 heterocycles. The molecule has 7 nitrogen and oxygen atoms in total. The number of nitrogens with zero attached hydrogens (tertiary/aromatic N) is 1. The fraction of sp³-hybridized carbons (Fsp3) is 0.417. The number of halogens is 1. The molecule has 2 rings (SSSR count). The molecule has 0 radical (unpaired) electrons. The van der Waals surface area contributed by atoms with Gasteiger partial charge >= 0.3 is 0 Å². The predicted molar refractivity (Wildman–Crippen MR) is 75.1 cm³/mol. The van der Waals surface area contributed by atoms with Gasteiger partial charge in [0.05, 0.1) is 10.6 Å². The number of nitrogens with one attached hydrogen (secondary N) is 3. The zero-order chi connectivity index (χ0) is 14.5. The molecule has 108 valence electrons. The number of aromatic nitrogens is 1. The fourth-order valence-corrected chi connectivity index (χ4v) is 1.84. The number of carbonyl (C=O) groups is 2. The Morgan fingerprint density at radius 2 is 2.05 bits per heavy atom. The topological polar surface area (TPSA) is 109 Å². The van der Waals surface area contributed by atoms with Gasteiger partial charge in [0.1, 0.15) is 0 Å². The first-order valence-corrected chi connectivity index (χ1v) is 6.67. The summed E-state index contributed by atoms with van der Waals surface area (Å²) in [5.74, 6) is 5.43. The largest absolute Gasteiger partial charge is 0.354 e. The van der Waals surface area contributed by atoms with Crippen molar-refractivity contribution in [1.29, 1.82) is 0 Å². The van der Waals surface area contributed by atoms with Crippen LogP contribution in [0, 0.1) is 5.92 Å². The van der Waals surface area contributed by atoms with Gasteiger partial charge < -0.3 is 16.1 Å². The van der Waals surface area contributed by atoms with Crippen molar-refractivity contribution in [3.63, 3.8) is 0 Å². The van der Waals surface area contributed by atoms with Gasteiger partial charge in [-0.25, -0.2) is 10.8 Å². The summed E-state index contributed by atoms with van der Waals surface area (Å²) in [6, 6.07) is 1.47. The van der Waals surface area contributed by atoms with Gasteiger partial charge in [-0.05, 0) is 18.9 Å². The molecule has 5 N–H and O–H groups in total. The van der Waals surface area contributed by atoms with Crippen LogP contribution >= 0.6 is 11.6 Å². The van der Waals surface area contributed by atoms with E-state index in [1.807, 2.05) is 0 Å². The van der Waals surface area contributed by atoms with Crippen molar-refractivity contribution in [2.45, 2.75) is 12.8 Å². The lowest BCUT2D eigenvalue weighted by Crippen LogP contribution is -2.35. The summed E-state index contributed by atoms with van der Waals surface area (Å²) < 4.78 is 0. The fourth-order valence-electron chi connectivity index (χ4n) is 1.62. The molecule has 1 aromatic rings. The summed E-state index contributed by atoms with van der Waals surface area (Å²) >= 11 is 5.88. The second-order valence-electron chi connectivity index (χ2n) is 4.52. The predicted octanol–water partition coefficient (Wildman–Crippen LogP) is 0.277. The van der Waals surface area contributed by atoms with Crippen LogP contribution in [-0.4, -0.2) is 29.9 Å². The van der Waals surface area contributed by atoms with Crippen molar-refractivity contribution in [3.05, 3.63) is 22.8 Å². The highest BCUT2D eigenvalue weighted by Crippen LogP contribution is 2.28. The highest BCUT2D eigenvalue weighted by Gasteiger charge is 2.28. The van der Waals surface area contributed by atoms with Crippen molar-refractivity contribution in [2.24, 2.45) is 11.8 Å². The van der Waals surface area contributed by atoms with Crippen LogP contribution in [0.25, 0.3) is 0 Å². The van der Waals surface area contributed by atoms with E-state index in [9.17, 15) is 9.59 Å². The number of carbonyl (C=O) groups excluding carboxylic acids is 2. The Kier molecular flexibility index (Phi) is 4.75. The molecule has 1 aliphatic rings. The average molecular weight is 298 g/mol. The smallest absolute Gasteiger partial charge is 0.252 e. The number of hydrazine groups is 1. The van der Waals surface area contributed by atoms with E-state index in [-0.39, 0.29) is 22.8 Å². The van der Waals surface area contributed by atoms with Crippen LogP contribution < -0.4 is 21.9 Å². The van der Waals surface area contributed by atoms with Crippen LogP contribution in [0.3, 0.4) is 0 Å². The van der Waals surface area contributed by atoms with Gasteiger partial charge in [-0.15, -0.1) is 0 Å². The number of amides is 2. The standard InChI is InChI=1S/C12H16ClN5O2/c13-9-5-8(6-17-10(9)18-14)12(20)16-4-3-15-11(19)7-1-2-7/h5-7H,1-4,14H2,(H,15,19)(H,16,20)(H,17,18). The maximum atomic E-state index is 11.8. The van der Waals surface area contributed by atoms with Crippen LogP contribution in [0.15, 0.2) is 12.3 Å². The quantitative estimate of drug-likeness (QED) is 0.342. The molecule has 1 aromatic heterocycles. The van der Waals surface area contributed by atoms with E-state index in [0.29, 0.717) is 24.5 Å². The number of anilines is 1. The summed E-state index contributed by atoms with van der Waals surface area (Å²) in [5.41, 5.74) is 2.66. The molecule has 0 aromatic carbocycles. The van der Waals surface area contributed by atoms with E-state index in [1.165, 1.54) is 12.3 Å². The zero-order valence-electron chi connectivity index (χ0n) is 10.8. The normalized spacial score (nSPS) is 13.7. The monoisotopic (exact) mass is 297 g/mol. The van der Waals surface area contributed by atoms with E-state index in [2.05, 4.69) is 21.0 Å². The number of rotatable bonds is 6.